The zero-order chi connectivity index (χ0) is 22.1. The summed E-state index contributed by atoms with van der Waals surface area (Å²) >= 11 is 0. The number of aromatic nitrogens is 1. The summed E-state index contributed by atoms with van der Waals surface area (Å²) in [5.41, 5.74) is 3.81. The Bertz CT molecular complexity index is 866. The van der Waals surface area contributed by atoms with Crippen LogP contribution in [0.15, 0.2) is 29.4 Å². The molecule has 1 saturated heterocycles. The number of benzene rings is 1. The Morgan fingerprint density at radius 3 is 2.77 bits per heavy atom. The van der Waals surface area contributed by atoms with Crippen molar-refractivity contribution in [1.29, 1.82) is 0 Å². The van der Waals surface area contributed by atoms with E-state index in [4.69, 9.17) is 4.99 Å². The van der Waals surface area contributed by atoms with Gasteiger partial charge in [0.25, 0.3) is 0 Å². The third kappa shape index (κ3) is 6.72. The first-order chi connectivity index (χ1) is 15.1. The molecule has 2 aromatic rings. The lowest BCUT2D eigenvalue weighted by molar-refractivity contribution is -0.122. The highest BCUT2D eigenvalue weighted by Crippen LogP contribution is 2.21. The Labute approximate surface area is 186 Å². The molecular weight excluding hydrogens is 388 g/mol. The zero-order valence-corrected chi connectivity index (χ0v) is 19.3. The second-order valence-corrected chi connectivity index (χ2v) is 8.37. The molecule has 0 spiro atoms. The molecule has 170 valence electrons. The van der Waals surface area contributed by atoms with E-state index in [1.807, 2.05) is 0 Å². The SMILES string of the molecule is CCCNC(=O)CN1CCC(NC(=NCCc2c[nH]c3c(C)cccc23)NCC)CC1. The van der Waals surface area contributed by atoms with E-state index in [-0.39, 0.29) is 5.91 Å². The number of aryl methyl sites for hydroxylation is 1. The lowest BCUT2D eigenvalue weighted by Gasteiger charge is -2.32. The fourth-order valence-corrected chi connectivity index (χ4v) is 4.13. The topological polar surface area (TPSA) is 84.6 Å². The van der Waals surface area contributed by atoms with Gasteiger partial charge in [0.2, 0.25) is 5.91 Å². The molecule has 7 heteroatoms. The molecule has 0 unspecified atom stereocenters. The first kappa shape index (κ1) is 23.1. The summed E-state index contributed by atoms with van der Waals surface area (Å²) in [5, 5.41) is 11.2. The van der Waals surface area contributed by atoms with Crippen molar-refractivity contribution in [1.82, 2.24) is 25.8 Å². The summed E-state index contributed by atoms with van der Waals surface area (Å²) in [4.78, 5) is 22.4. The minimum absolute atomic E-state index is 0.135. The molecule has 7 nitrogen and oxygen atoms in total. The normalized spacial score (nSPS) is 15.9. The summed E-state index contributed by atoms with van der Waals surface area (Å²) in [6.45, 7) is 11.0. The minimum Gasteiger partial charge on any atom is -0.361 e. The number of aliphatic imine (C=N–C) groups is 1. The number of amides is 1. The number of likely N-dealkylation sites (tertiary alicyclic amines) is 1. The Morgan fingerprint density at radius 1 is 1.23 bits per heavy atom. The number of H-pyrrole nitrogens is 1. The van der Waals surface area contributed by atoms with Crippen LogP contribution in [0.2, 0.25) is 0 Å². The van der Waals surface area contributed by atoms with E-state index in [0.717, 1.165) is 64.4 Å². The lowest BCUT2D eigenvalue weighted by atomic mass is 10.1. The van der Waals surface area contributed by atoms with Gasteiger partial charge in [0, 0.05) is 55.9 Å². The predicted octanol–water partition coefficient (Wildman–Crippen LogP) is 2.56. The Morgan fingerprint density at radius 2 is 2.03 bits per heavy atom. The highest BCUT2D eigenvalue weighted by atomic mass is 16.2. The molecule has 0 aliphatic carbocycles. The number of carbonyl (C=O) groups is 1. The van der Waals surface area contributed by atoms with E-state index in [2.05, 4.69) is 71.0 Å². The molecule has 3 rings (SSSR count). The van der Waals surface area contributed by atoms with Gasteiger partial charge < -0.3 is 20.9 Å². The van der Waals surface area contributed by atoms with Crippen LogP contribution in [-0.4, -0.2) is 67.1 Å². The van der Waals surface area contributed by atoms with E-state index < -0.39 is 0 Å². The van der Waals surface area contributed by atoms with Gasteiger partial charge in [0.1, 0.15) is 0 Å². The molecule has 0 atom stereocenters. The van der Waals surface area contributed by atoms with Crippen molar-refractivity contribution in [3.05, 3.63) is 35.5 Å². The molecule has 1 fully saturated rings. The van der Waals surface area contributed by atoms with Crippen molar-refractivity contribution in [3.63, 3.8) is 0 Å². The van der Waals surface area contributed by atoms with Gasteiger partial charge in [-0.25, -0.2) is 0 Å². The average Bonchev–Trinajstić information content (AvgIpc) is 3.18. The van der Waals surface area contributed by atoms with Crippen LogP contribution in [0.5, 0.6) is 0 Å². The van der Waals surface area contributed by atoms with Crippen molar-refractivity contribution in [2.24, 2.45) is 4.99 Å². The van der Waals surface area contributed by atoms with Crippen LogP contribution < -0.4 is 16.0 Å². The smallest absolute Gasteiger partial charge is 0.234 e. The molecule has 4 N–H and O–H groups in total. The van der Waals surface area contributed by atoms with Crippen LogP contribution in [0.1, 0.15) is 44.2 Å². The van der Waals surface area contributed by atoms with E-state index in [9.17, 15) is 4.79 Å². The van der Waals surface area contributed by atoms with Gasteiger partial charge in [0.15, 0.2) is 5.96 Å². The minimum atomic E-state index is 0.135. The Balaban J connectivity index is 1.48. The summed E-state index contributed by atoms with van der Waals surface area (Å²) in [5.74, 6) is 1.02. The summed E-state index contributed by atoms with van der Waals surface area (Å²) in [7, 11) is 0. The summed E-state index contributed by atoms with van der Waals surface area (Å²) < 4.78 is 0. The van der Waals surface area contributed by atoms with Crippen molar-refractivity contribution in [2.45, 2.75) is 52.5 Å². The quantitative estimate of drug-likeness (QED) is 0.367. The average molecular weight is 427 g/mol. The van der Waals surface area contributed by atoms with Crippen LogP contribution >= 0.6 is 0 Å². The predicted molar refractivity (Wildman–Crippen MR) is 129 cm³/mol. The zero-order valence-electron chi connectivity index (χ0n) is 19.3. The number of carbonyl (C=O) groups excluding carboxylic acids is 1. The van der Waals surface area contributed by atoms with Gasteiger partial charge in [-0.15, -0.1) is 0 Å². The molecule has 1 aliphatic heterocycles. The van der Waals surface area contributed by atoms with E-state index in [1.165, 1.54) is 22.0 Å². The fourth-order valence-electron chi connectivity index (χ4n) is 4.13. The Hall–Kier alpha value is -2.54. The molecular formula is C24H38N6O. The number of aromatic amines is 1. The van der Waals surface area contributed by atoms with Crippen molar-refractivity contribution < 1.29 is 4.79 Å². The summed E-state index contributed by atoms with van der Waals surface area (Å²) in [6.07, 6.45) is 6.04. The van der Waals surface area contributed by atoms with Gasteiger partial charge in [-0.05, 0) is 50.7 Å². The second-order valence-electron chi connectivity index (χ2n) is 8.37. The number of rotatable bonds is 9. The molecule has 1 aromatic heterocycles. The number of para-hydroxylation sites is 1. The van der Waals surface area contributed by atoms with Crippen LogP contribution in [0.3, 0.4) is 0 Å². The largest absolute Gasteiger partial charge is 0.361 e. The highest BCUT2D eigenvalue weighted by Gasteiger charge is 2.21. The van der Waals surface area contributed by atoms with E-state index in [1.54, 1.807) is 0 Å². The maximum Gasteiger partial charge on any atom is 0.234 e. The highest BCUT2D eigenvalue weighted by molar-refractivity contribution is 5.86. The number of hydrogen-bond acceptors (Lipinski definition) is 3. The molecule has 0 bridgehead atoms. The van der Waals surface area contributed by atoms with Gasteiger partial charge in [0.05, 0.1) is 6.54 Å². The molecule has 0 radical (unpaired) electrons. The Kier molecular flexibility index (Phi) is 8.76. The maximum atomic E-state index is 11.9. The van der Waals surface area contributed by atoms with Gasteiger partial charge in [-0.3, -0.25) is 14.7 Å². The molecule has 2 heterocycles. The summed E-state index contributed by atoms with van der Waals surface area (Å²) in [6, 6.07) is 6.82. The number of guanidine groups is 1. The molecule has 0 saturated carbocycles. The van der Waals surface area contributed by atoms with E-state index >= 15 is 0 Å². The standard InChI is InChI=1S/C24H38N6O/c1-4-12-26-22(31)17-30-14-10-20(11-15-30)29-24(25-5-2)27-13-9-19-16-28-23-18(3)7-6-8-21(19)23/h6-8,16,20,28H,4-5,9-15,17H2,1-3H3,(H,26,31)(H2,25,27,29). The number of piperidine rings is 1. The molecule has 1 aliphatic rings. The van der Waals surface area contributed by atoms with Crippen molar-refractivity contribution >= 4 is 22.8 Å². The monoisotopic (exact) mass is 426 g/mol. The van der Waals surface area contributed by atoms with Crippen molar-refractivity contribution in [2.75, 3.05) is 39.3 Å². The van der Waals surface area contributed by atoms with E-state index in [0.29, 0.717) is 12.6 Å². The van der Waals surface area contributed by atoms with Crippen LogP contribution in [0, 0.1) is 6.92 Å². The third-order valence-corrected chi connectivity index (χ3v) is 5.87. The first-order valence-corrected chi connectivity index (χ1v) is 11.7. The molecule has 31 heavy (non-hydrogen) atoms. The number of nitrogens with one attached hydrogen (secondary N) is 4. The van der Waals surface area contributed by atoms with Crippen molar-refractivity contribution in [3.8, 4) is 0 Å². The number of nitrogens with zero attached hydrogens (tertiary/aromatic N) is 2. The lowest BCUT2D eigenvalue weighted by Crippen LogP contribution is -2.50. The van der Waals surface area contributed by atoms with Gasteiger partial charge >= 0.3 is 0 Å². The fraction of sp³-hybridized carbons (Fsp3) is 0.583. The van der Waals surface area contributed by atoms with Crippen LogP contribution in [0.25, 0.3) is 10.9 Å². The third-order valence-electron chi connectivity index (χ3n) is 5.87. The first-order valence-electron chi connectivity index (χ1n) is 11.7. The number of fused-ring (bicyclic) bond motifs is 1. The maximum absolute atomic E-state index is 11.9. The van der Waals surface area contributed by atoms with Crippen LogP contribution in [0.4, 0.5) is 0 Å². The molecule has 1 amide bonds. The van der Waals surface area contributed by atoms with Gasteiger partial charge in [-0.2, -0.15) is 0 Å². The van der Waals surface area contributed by atoms with Crippen LogP contribution in [-0.2, 0) is 11.2 Å². The second kappa shape index (κ2) is 11.7. The van der Waals surface area contributed by atoms with Gasteiger partial charge in [-0.1, -0.05) is 25.1 Å². The molecule has 1 aromatic carbocycles. The number of hydrogen-bond donors (Lipinski definition) is 4.